The van der Waals surface area contributed by atoms with Crippen LogP contribution in [-0.2, 0) is 17.4 Å². The van der Waals surface area contributed by atoms with Gasteiger partial charge in [-0.05, 0) is 50.1 Å². The molecule has 1 aromatic carbocycles. The second-order valence-electron chi connectivity index (χ2n) is 6.86. The van der Waals surface area contributed by atoms with Crippen LogP contribution in [0.25, 0.3) is 11.1 Å². The Hall–Kier alpha value is -2.57. The van der Waals surface area contributed by atoms with Gasteiger partial charge in [0.1, 0.15) is 0 Å². The van der Waals surface area contributed by atoms with Crippen LogP contribution in [0.3, 0.4) is 0 Å². The van der Waals surface area contributed by atoms with Crippen LogP contribution in [-0.4, -0.2) is 22.5 Å². The molecule has 0 saturated carbocycles. The molecular weight excluding hydrogens is 345 g/mol. The van der Waals surface area contributed by atoms with E-state index in [9.17, 15) is 18.0 Å². The van der Waals surface area contributed by atoms with E-state index in [1.54, 1.807) is 19.1 Å². The van der Waals surface area contributed by atoms with E-state index in [-0.39, 0.29) is 24.2 Å². The van der Waals surface area contributed by atoms with Gasteiger partial charge in [0.15, 0.2) is 5.60 Å². The third kappa shape index (κ3) is 3.38. The number of carbonyl (C=O) groups excluding carboxylic acids is 1. The van der Waals surface area contributed by atoms with Gasteiger partial charge in [0.25, 0.3) is 5.91 Å². The Bertz CT molecular complexity index is 849. The maximum Gasteiger partial charge on any atom is 0.416 e. The number of nitrogens with zero attached hydrogens (tertiary/aromatic N) is 1. The van der Waals surface area contributed by atoms with Gasteiger partial charge in [0, 0.05) is 24.2 Å². The summed E-state index contributed by atoms with van der Waals surface area (Å²) in [6.07, 6.45) is -2.71. The molecule has 7 heteroatoms. The minimum atomic E-state index is -4.42. The molecule has 0 radical (unpaired) electrons. The second-order valence-corrected chi connectivity index (χ2v) is 6.86. The van der Waals surface area contributed by atoms with Gasteiger partial charge in [0.2, 0.25) is 5.88 Å². The highest BCUT2D eigenvalue weighted by atomic mass is 19.4. The molecule has 1 aromatic heterocycles. The molecule has 1 amide bonds. The van der Waals surface area contributed by atoms with E-state index in [4.69, 9.17) is 4.74 Å². The summed E-state index contributed by atoms with van der Waals surface area (Å²) < 4.78 is 44.8. The van der Waals surface area contributed by atoms with Crippen LogP contribution in [0, 0.1) is 0 Å². The third-order valence-electron chi connectivity index (χ3n) is 4.25. The van der Waals surface area contributed by atoms with Gasteiger partial charge >= 0.3 is 6.18 Å². The Kier molecular flexibility index (Phi) is 4.42. The first-order chi connectivity index (χ1) is 12.1. The first kappa shape index (κ1) is 18.2. The summed E-state index contributed by atoms with van der Waals surface area (Å²) in [7, 11) is 0. The van der Waals surface area contributed by atoms with E-state index >= 15 is 0 Å². The maximum absolute atomic E-state index is 13.0. The number of nitrogens with one attached hydrogen (secondary N) is 1. The van der Waals surface area contributed by atoms with E-state index in [1.807, 2.05) is 13.8 Å². The molecule has 138 valence electrons. The predicted octanol–water partition coefficient (Wildman–Crippen LogP) is 3.99. The van der Waals surface area contributed by atoms with Crippen LogP contribution in [0.2, 0.25) is 0 Å². The normalized spacial score (nSPS) is 19.2. The summed E-state index contributed by atoms with van der Waals surface area (Å²) in [5.74, 6) is 0.00168. The number of hydrogen-bond donors (Lipinski definition) is 1. The average molecular weight is 364 g/mol. The number of aromatic nitrogens is 1. The molecule has 0 spiro atoms. The fraction of sp³-hybridized carbons (Fsp3) is 0.368. The average Bonchev–Trinajstić information content (AvgIpc) is 2.91. The van der Waals surface area contributed by atoms with Gasteiger partial charge in [-0.3, -0.25) is 4.79 Å². The largest absolute Gasteiger partial charge is 0.461 e. The topological polar surface area (TPSA) is 51.2 Å². The van der Waals surface area contributed by atoms with Crippen molar-refractivity contribution in [3.05, 3.63) is 47.7 Å². The molecular formula is C19H19F3N2O2. The highest BCUT2D eigenvalue weighted by Crippen LogP contribution is 2.40. The Morgan fingerprint density at radius 3 is 2.69 bits per heavy atom. The van der Waals surface area contributed by atoms with Gasteiger partial charge in [-0.15, -0.1) is 0 Å². The number of halogens is 3. The van der Waals surface area contributed by atoms with Crippen molar-refractivity contribution in [2.45, 2.75) is 45.0 Å². The van der Waals surface area contributed by atoms with Crippen LogP contribution in [0.5, 0.6) is 5.88 Å². The fourth-order valence-electron chi connectivity index (χ4n) is 2.99. The van der Waals surface area contributed by atoms with Crippen LogP contribution in [0.1, 0.15) is 31.9 Å². The van der Waals surface area contributed by atoms with Crippen molar-refractivity contribution in [3.63, 3.8) is 0 Å². The minimum Gasteiger partial charge on any atom is -0.461 e. The van der Waals surface area contributed by atoms with Crippen LogP contribution < -0.4 is 10.1 Å². The lowest BCUT2D eigenvalue weighted by atomic mass is 9.92. The summed E-state index contributed by atoms with van der Waals surface area (Å²) in [5.41, 5.74) is -0.233. The molecule has 4 nitrogen and oxygen atoms in total. The van der Waals surface area contributed by atoms with Gasteiger partial charge < -0.3 is 10.1 Å². The summed E-state index contributed by atoms with van der Waals surface area (Å²) in [6.45, 7) is 5.34. The SMILES string of the molecule is CC(C)NC(=O)C1(C)Cc2c(-c3cccc(C(F)(F)F)c3)ccnc2O1. The molecule has 1 unspecified atom stereocenters. The number of carbonyl (C=O) groups is 1. The molecule has 2 heterocycles. The Morgan fingerprint density at radius 2 is 2.04 bits per heavy atom. The molecule has 26 heavy (non-hydrogen) atoms. The number of benzene rings is 1. The molecule has 1 atom stereocenters. The van der Waals surface area contributed by atoms with Gasteiger partial charge in [-0.2, -0.15) is 13.2 Å². The van der Waals surface area contributed by atoms with Crippen LogP contribution >= 0.6 is 0 Å². The van der Waals surface area contributed by atoms with Crippen LogP contribution in [0.4, 0.5) is 13.2 Å². The van der Waals surface area contributed by atoms with Crippen molar-refractivity contribution in [1.29, 1.82) is 0 Å². The number of pyridine rings is 1. The van der Waals surface area contributed by atoms with Crippen molar-refractivity contribution in [2.75, 3.05) is 0 Å². The standard InChI is InChI=1S/C19H19F3N2O2/c1-11(2)24-17(25)18(3)10-15-14(7-8-23-16(15)26-18)12-5-4-6-13(9-12)19(20,21)22/h4-9,11H,10H2,1-3H3,(H,24,25). The van der Waals surface area contributed by atoms with Gasteiger partial charge in [-0.25, -0.2) is 4.98 Å². The molecule has 0 bridgehead atoms. The molecule has 0 aliphatic carbocycles. The lowest BCUT2D eigenvalue weighted by Gasteiger charge is -2.23. The number of alkyl halides is 3. The first-order valence-electron chi connectivity index (χ1n) is 8.25. The summed E-state index contributed by atoms with van der Waals surface area (Å²) in [4.78, 5) is 16.6. The molecule has 2 aromatic rings. The summed E-state index contributed by atoms with van der Waals surface area (Å²) in [6, 6.07) is 6.69. The number of rotatable bonds is 3. The van der Waals surface area contributed by atoms with Crippen molar-refractivity contribution in [3.8, 4) is 17.0 Å². The highest BCUT2D eigenvalue weighted by Gasteiger charge is 2.44. The summed E-state index contributed by atoms with van der Waals surface area (Å²) in [5, 5.41) is 2.81. The van der Waals surface area contributed by atoms with E-state index in [0.717, 1.165) is 12.1 Å². The molecule has 0 fully saturated rings. The number of ether oxygens (including phenoxy) is 1. The molecule has 3 rings (SSSR count). The maximum atomic E-state index is 13.0. The highest BCUT2D eigenvalue weighted by molar-refractivity contribution is 5.87. The van der Waals surface area contributed by atoms with Gasteiger partial charge in [0.05, 0.1) is 5.56 Å². The Morgan fingerprint density at radius 1 is 1.31 bits per heavy atom. The fourth-order valence-corrected chi connectivity index (χ4v) is 2.99. The van der Waals surface area contributed by atoms with Crippen molar-refractivity contribution >= 4 is 5.91 Å². The second kappa shape index (κ2) is 6.30. The van der Waals surface area contributed by atoms with E-state index in [0.29, 0.717) is 16.7 Å². The third-order valence-corrected chi connectivity index (χ3v) is 4.25. The lowest BCUT2D eigenvalue weighted by Crippen LogP contribution is -2.50. The number of amides is 1. The Labute approximate surface area is 149 Å². The van der Waals surface area contributed by atoms with E-state index in [2.05, 4.69) is 10.3 Å². The minimum absolute atomic E-state index is 0.0532. The van der Waals surface area contributed by atoms with Crippen molar-refractivity contribution in [2.24, 2.45) is 0 Å². The molecule has 1 aliphatic rings. The molecule has 1 aliphatic heterocycles. The van der Waals surface area contributed by atoms with Crippen molar-refractivity contribution < 1.29 is 22.7 Å². The van der Waals surface area contributed by atoms with Crippen molar-refractivity contribution in [1.82, 2.24) is 10.3 Å². The molecule has 1 N–H and O–H groups in total. The zero-order valence-corrected chi connectivity index (χ0v) is 14.6. The zero-order chi connectivity index (χ0) is 19.1. The zero-order valence-electron chi connectivity index (χ0n) is 14.6. The predicted molar refractivity (Wildman–Crippen MR) is 90.7 cm³/mol. The smallest absolute Gasteiger partial charge is 0.416 e. The number of fused-ring (bicyclic) bond motifs is 1. The monoisotopic (exact) mass is 364 g/mol. The quantitative estimate of drug-likeness (QED) is 0.896. The lowest BCUT2D eigenvalue weighted by molar-refractivity contribution is -0.137. The molecule has 0 saturated heterocycles. The van der Waals surface area contributed by atoms with Crippen LogP contribution in [0.15, 0.2) is 36.5 Å². The van der Waals surface area contributed by atoms with E-state index in [1.165, 1.54) is 12.3 Å². The van der Waals surface area contributed by atoms with Gasteiger partial charge in [-0.1, -0.05) is 12.1 Å². The summed E-state index contributed by atoms with van der Waals surface area (Å²) >= 11 is 0. The van der Waals surface area contributed by atoms with E-state index < -0.39 is 17.3 Å². The Balaban J connectivity index is 1.99. The number of hydrogen-bond acceptors (Lipinski definition) is 3. The first-order valence-corrected chi connectivity index (χ1v) is 8.25.